The Kier molecular flexibility index (Phi) is 5.23. The maximum Gasteiger partial charge on any atom is 0.226 e. The molecule has 4 saturated carbocycles. The lowest BCUT2D eigenvalue weighted by Crippen LogP contribution is -2.52. The Morgan fingerprint density at radius 3 is 2.11 bits per heavy atom. The minimum absolute atomic E-state index is 0.386. The zero-order valence-corrected chi connectivity index (χ0v) is 17.3. The molecule has 2 heterocycles. The summed E-state index contributed by atoms with van der Waals surface area (Å²) in [5, 5.41) is 0. The summed E-state index contributed by atoms with van der Waals surface area (Å²) in [6.07, 6.45) is 10.7. The number of carbonyl (C=O) groups excluding carboxylic acids is 1. The molecule has 27 heavy (non-hydrogen) atoms. The van der Waals surface area contributed by atoms with Crippen LogP contribution in [-0.4, -0.2) is 72.5 Å². The zero-order chi connectivity index (χ0) is 18.4. The van der Waals surface area contributed by atoms with Gasteiger partial charge in [0.1, 0.15) is 0 Å². The van der Waals surface area contributed by atoms with Gasteiger partial charge in [-0.05, 0) is 94.7 Å². The SMILES string of the molecule is CCN1CCC(N2CCCN(C(=O)C3C4CC5CC(C4)CC3C5)CC2)CC1. The second-order valence-corrected chi connectivity index (χ2v) is 10.3. The molecule has 6 aliphatic rings. The van der Waals surface area contributed by atoms with Crippen molar-refractivity contribution in [2.24, 2.45) is 29.6 Å². The monoisotopic (exact) mass is 373 g/mol. The van der Waals surface area contributed by atoms with Crippen LogP contribution >= 0.6 is 0 Å². The molecular formula is C23H39N3O. The number of amides is 1. The van der Waals surface area contributed by atoms with Crippen molar-refractivity contribution >= 4 is 5.91 Å². The lowest BCUT2D eigenvalue weighted by atomic mass is 9.51. The summed E-state index contributed by atoms with van der Waals surface area (Å²) in [7, 11) is 0. The Morgan fingerprint density at radius 1 is 0.815 bits per heavy atom. The predicted octanol–water partition coefficient (Wildman–Crippen LogP) is 3.08. The molecule has 0 unspecified atom stereocenters. The van der Waals surface area contributed by atoms with E-state index < -0.39 is 0 Å². The molecule has 0 aromatic carbocycles. The Bertz CT molecular complexity index is 514. The highest BCUT2D eigenvalue weighted by Crippen LogP contribution is 2.56. The number of carbonyl (C=O) groups is 1. The van der Waals surface area contributed by atoms with Gasteiger partial charge in [0, 0.05) is 38.1 Å². The molecular weight excluding hydrogens is 334 g/mol. The molecule has 1 amide bonds. The van der Waals surface area contributed by atoms with E-state index in [1.807, 2.05) is 0 Å². The summed E-state index contributed by atoms with van der Waals surface area (Å²) in [4.78, 5) is 21.1. The van der Waals surface area contributed by atoms with Gasteiger partial charge in [0.2, 0.25) is 5.91 Å². The Morgan fingerprint density at radius 2 is 1.48 bits per heavy atom. The van der Waals surface area contributed by atoms with Gasteiger partial charge >= 0.3 is 0 Å². The summed E-state index contributed by atoms with van der Waals surface area (Å²) in [5.41, 5.74) is 0. The van der Waals surface area contributed by atoms with E-state index in [4.69, 9.17) is 0 Å². The van der Waals surface area contributed by atoms with E-state index in [1.165, 1.54) is 77.5 Å². The molecule has 2 saturated heterocycles. The van der Waals surface area contributed by atoms with Gasteiger partial charge in [-0.3, -0.25) is 9.69 Å². The largest absolute Gasteiger partial charge is 0.341 e. The molecule has 2 aliphatic heterocycles. The van der Waals surface area contributed by atoms with Crippen LogP contribution in [0.25, 0.3) is 0 Å². The zero-order valence-electron chi connectivity index (χ0n) is 17.3. The van der Waals surface area contributed by atoms with Gasteiger partial charge < -0.3 is 9.80 Å². The average molecular weight is 374 g/mol. The van der Waals surface area contributed by atoms with E-state index in [1.54, 1.807) is 0 Å². The standard InChI is InChI=1S/C23H39N3O/c1-2-24-8-4-21(5-9-24)25-6-3-7-26(11-10-25)23(27)22-19-13-17-12-18(15-19)16-20(22)14-17/h17-22H,2-16H2,1H3. The Hall–Kier alpha value is -0.610. The highest BCUT2D eigenvalue weighted by atomic mass is 16.2. The van der Waals surface area contributed by atoms with Crippen LogP contribution in [0.3, 0.4) is 0 Å². The van der Waals surface area contributed by atoms with Gasteiger partial charge in [0.25, 0.3) is 0 Å². The highest BCUT2D eigenvalue weighted by molar-refractivity contribution is 5.80. The molecule has 4 heteroatoms. The fourth-order valence-electron chi connectivity index (χ4n) is 7.66. The van der Waals surface area contributed by atoms with E-state index in [0.29, 0.717) is 11.8 Å². The van der Waals surface area contributed by atoms with Crippen molar-refractivity contribution in [1.82, 2.24) is 14.7 Å². The van der Waals surface area contributed by atoms with Crippen LogP contribution in [-0.2, 0) is 4.79 Å². The Balaban J connectivity index is 1.18. The first-order valence-electron chi connectivity index (χ1n) is 12.0. The molecule has 0 N–H and O–H groups in total. The Labute approximate surface area is 165 Å². The molecule has 4 nitrogen and oxygen atoms in total. The van der Waals surface area contributed by atoms with Gasteiger partial charge in [-0.25, -0.2) is 0 Å². The smallest absolute Gasteiger partial charge is 0.226 e. The normalized spacial score (nSPS) is 41.1. The van der Waals surface area contributed by atoms with E-state index >= 15 is 0 Å². The summed E-state index contributed by atoms with van der Waals surface area (Å²) < 4.78 is 0. The number of hydrogen-bond acceptors (Lipinski definition) is 3. The first-order valence-corrected chi connectivity index (χ1v) is 12.0. The first kappa shape index (κ1) is 18.4. The lowest BCUT2D eigenvalue weighted by molar-refractivity contribution is -0.149. The number of piperidine rings is 1. The fourth-order valence-corrected chi connectivity index (χ4v) is 7.66. The van der Waals surface area contributed by atoms with E-state index in [9.17, 15) is 4.79 Å². The average Bonchev–Trinajstić information content (AvgIpc) is 2.93. The van der Waals surface area contributed by atoms with Gasteiger partial charge in [0.05, 0.1) is 0 Å². The number of nitrogens with zero attached hydrogens (tertiary/aromatic N) is 3. The predicted molar refractivity (Wildman–Crippen MR) is 108 cm³/mol. The summed E-state index contributed by atoms with van der Waals surface area (Å²) in [6, 6.07) is 0.754. The third-order valence-electron chi connectivity index (χ3n) is 8.87. The van der Waals surface area contributed by atoms with Crippen LogP contribution in [0.5, 0.6) is 0 Å². The molecule has 6 fully saturated rings. The number of likely N-dealkylation sites (tertiary alicyclic amines) is 1. The highest BCUT2D eigenvalue weighted by Gasteiger charge is 2.51. The van der Waals surface area contributed by atoms with Crippen LogP contribution in [0.1, 0.15) is 58.3 Å². The summed E-state index contributed by atoms with van der Waals surface area (Å²) >= 11 is 0. The van der Waals surface area contributed by atoms with Crippen molar-refractivity contribution in [2.75, 3.05) is 45.8 Å². The maximum atomic E-state index is 13.5. The van der Waals surface area contributed by atoms with E-state index in [-0.39, 0.29) is 0 Å². The van der Waals surface area contributed by atoms with Crippen LogP contribution in [0.2, 0.25) is 0 Å². The van der Waals surface area contributed by atoms with Crippen molar-refractivity contribution in [3.05, 3.63) is 0 Å². The minimum Gasteiger partial charge on any atom is -0.341 e. The van der Waals surface area contributed by atoms with Crippen LogP contribution < -0.4 is 0 Å². The molecule has 0 atom stereocenters. The quantitative estimate of drug-likeness (QED) is 0.761. The van der Waals surface area contributed by atoms with Gasteiger partial charge in [0.15, 0.2) is 0 Å². The van der Waals surface area contributed by atoms with Gasteiger partial charge in [-0.2, -0.15) is 0 Å². The molecule has 4 bridgehead atoms. The lowest BCUT2D eigenvalue weighted by Gasteiger charge is -2.54. The molecule has 152 valence electrons. The molecule has 0 radical (unpaired) electrons. The third kappa shape index (κ3) is 3.57. The van der Waals surface area contributed by atoms with Crippen molar-refractivity contribution < 1.29 is 4.79 Å². The second-order valence-electron chi connectivity index (χ2n) is 10.3. The van der Waals surface area contributed by atoms with Crippen LogP contribution in [0.15, 0.2) is 0 Å². The fraction of sp³-hybridized carbons (Fsp3) is 0.957. The molecule has 4 aliphatic carbocycles. The third-order valence-corrected chi connectivity index (χ3v) is 8.87. The van der Waals surface area contributed by atoms with Crippen LogP contribution in [0.4, 0.5) is 0 Å². The van der Waals surface area contributed by atoms with E-state index in [2.05, 4.69) is 21.6 Å². The van der Waals surface area contributed by atoms with E-state index in [0.717, 1.165) is 49.3 Å². The van der Waals surface area contributed by atoms with Crippen LogP contribution in [0, 0.1) is 29.6 Å². The molecule has 0 spiro atoms. The van der Waals surface area contributed by atoms with Crippen molar-refractivity contribution in [3.8, 4) is 0 Å². The first-order chi connectivity index (χ1) is 13.2. The number of hydrogen-bond donors (Lipinski definition) is 0. The minimum atomic E-state index is 0.386. The van der Waals surface area contributed by atoms with Crippen molar-refractivity contribution in [2.45, 2.75) is 64.3 Å². The molecule has 0 aromatic rings. The van der Waals surface area contributed by atoms with Crippen molar-refractivity contribution in [1.29, 1.82) is 0 Å². The molecule has 6 rings (SSSR count). The van der Waals surface area contributed by atoms with Gasteiger partial charge in [-0.15, -0.1) is 0 Å². The number of rotatable bonds is 3. The second kappa shape index (κ2) is 7.67. The topological polar surface area (TPSA) is 26.8 Å². The molecule has 0 aromatic heterocycles. The van der Waals surface area contributed by atoms with Gasteiger partial charge in [-0.1, -0.05) is 6.92 Å². The summed E-state index contributed by atoms with van der Waals surface area (Å²) in [6.45, 7) is 10.3. The summed E-state index contributed by atoms with van der Waals surface area (Å²) in [5.74, 6) is 4.32. The maximum absolute atomic E-state index is 13.5. The van der Waals surface area contributed by atoms with Crippen molar-refractivity contribution in [3.63, 3.8) is 0 Å².